The van der Waals surface area contributed by atoms with E-state index < -0.39 is 32.2 Å². The quantitative estimate of drug-likeness (QED) is 0.790. The predicted molar refractivity (Wildman–Crippen MR) is 58.7 cm³/mol. The molecule has 0 unspecified atom stereocenters. The molecule has 0 aromatic carbocycles. The molecule has 17 heavy (non-hydrogen) atoms. The molecule has 0 spiro atoms. The second-order valence-corrected chi connectivity index (χ2v) is 7.57. The minimum Gasteiger partial charge on any atom is -0.481 e. The van der Waals surface area contributed by atoms with Crippen LogP contribution in [0.3, 0.4) is 0 Å². The Morgan fingerprint density at radius 1 is 1.41 bits per heavy atom. The van der Waals surface area contributed by atoms with Crippen molar-refractivity contribution in [2.24, 2.45) is 0 Å². The van der Waals surface area contributed by atoms with E-state index in [0.29, 0.717) is 12.8 Å². The number of carboxylic acid groups (broad SMARTS) is 1. The largest absolute Gasteiger partial charge is 0.481 e. The summed E-state index contributed by atoms with van der Waals surface area (Å²) in [7, 11) is -3.69. The molecule has 2 aliphatic rings. The topological polar surface area (TPSA) is 91.8 Å². The lowest BCUT2D eigenvalue weighted by atomic mass is 9.74. The monoisotopic (exact) mass is 261 g/mol. The summed E-state index contributed by atoms with van der Waals surface area (Å²) in [6, 6.07) is 0. The first-order chi connectivity index (χ1) is 7.65. The normalized spacial score (nSPS) is 28.1. The fourth-order valence-corrected chi connectivity index (χ4v) is 4.28. The molecular weight excluding hydrogens is 246 g/mol. The number of hydrogen-bond acceptors (Lipinski definition) is 4. The highest BCUT2D eigenvalue weighted by atomic mass is 32.2. The van der Waals surface area contributed by atoms with Gasteiger partial charge in [-0.15, -0.1) is 0 Å². The smallest absolute Gasteiger partial charge is 0.305 e. The van der Waals surface area contributed by atoms with Crippen molar-refractivity contribution in [3.05, 3.63) is 0 Å². The van der Waals surface area contributed by atoms with Gasteiger partial charge in [-0.05, 0) is 33.1 Å². The van der Waals surface area contributed by atoms with Crippen molar-refractivity contribution in [2.45, 2.75) is 49.8 Å². The summed E-state index contributed by atoms with van der Waals surface area (Å²) in [5.74, 6) is -1.56. The van der Waals surface area contributed by atoms with Gasteiger partial charge in [-0.2, -0.15) is 0 Å². The van der Waals surface area contributed by atoms with Crippen molar-refractivity contribution >= 4 is 21.9 Å². The molecule has 1 aliphatic carbocycles. The van der Waals surface area contributed by atoms with Crippen molar-refractivity contribution in [2.75, 3.05) is 0 Å². The lowest BCUT2D eigenvalue weighted by Crippen LogP contribution is -2.75. The summed E-state index contributed by atoms with van der Waals surface area (Å²) >= 11 is 0. The van der Waals surface area contributed by atoms with Crippen molar-refractivity contribution in [3.8, 4) is 0 Å². The van der Waals surface area contributed by atoms with Crippen LogP contribution in [0.2, 0.25) is 0 Å². The third kappa shape index (κ3) is 1.34. The van der Waals surface area contributed by atoms with Crippen LogP contribution in [0.4, 0.5) is 0 Å². The van der Waals surface area contributed by atoms with Gasteiger partial charge in [0, 0.05) is 0 Å². The molecular formula is C10H15NO5S. The standard InChI is InChI=1S/C10H15NO5S/c1-9(2)8(14)11(17(9,15)16)10(4-3-5-10)6-7(12)13/h3-6H2,1-2H3,(H,12,13). The zero-order chi connectivity index (χ0) is 13.1. The van der Waals surface area contributed by atoms with Gasteiger partial charge >= 0.3 is 5.97 Å². The van der Waals surface area contributed by atoms with E-state index in [4.69, 9.17) is 5.11 Å². The molecule has 7 heteroatoms. The van der Waals surface area contributed by atoms with E-state index in [9.17, 15) is 18.0 Å². The van der Waals surface area contributed by atoms with Gasteiger partial charge in [-0.25, -0.2) is 12.7 Å². The average molecular weight is 261 g/mol. The Morgan fingerprint density at radius 3 is 2.24 bits per heavy atom. The first-order valence-electron chi connectivity index (χ1n) is 5.46. The maximum absolute atomic E-state index is 12.0. The summed E-state index contributed by atoms with van der Waals surface area (Å²) < 4.78 is 23.4. The second kappa shape index (κ2) is 3.22. The second-order valence-electron chi connectivity index (χ2n) is 5.23. The molecule has 0 aromatic heterocycles. The molecule has 0 bridgehead atoms. The summed E-state index contributed by atoms with van der Waals surface area (Å²) in [5, 5.41) is 8.84. The van der Waals surface area contributed by atoms with E-state index in [-0.39, 0.29) is 6.42 Å². The SMILES string of the molecule is CC1(C)C(=O)N(C2(CC(=O)O)CCC2)S1(=O)=O. The minimum atomic E-state index is -3.69. The van der Waals surface area contributed by atoms with Crippen LogP contribution in [0.15, 0.2) is 0 Å². The summed E-state index contributed by atoms with van der Waals surface area (Å²) in [5.41, 5.74) is -1.00. The number of carbonyl (C=O) groups is 2. The van der Waals surface area contributed by atoms with E-state index in [2.05, 4.69) is 0 Å². The number of sulfonamides is 1. The van der Waals surface area contributed by atoms with E-state index in [1.165, 1.54) is 13.8 Å². The van der Waals surface area contributed by atoms with Crippen molar-refractivity contribution in [1.82, 2.24) is 4.31 Å². The Labute approximate surface area is 99.6 Å². The molecule has 1 aliphatic heterocycles. The van der Waals surface area contributed by atoms with Crippen LogP contribution in [0.1, 0.15) is 39.5 Å². The van der Waals surface area contributed by atoms with Gasteiger partial charge in [-0.3, -0.25) is 9.59 Å². The number of hydrogen-bond donors (Lipinski definition) is 1. The number of carboxylic acids is 1. The van der Waals surface area contributed by atoms with E-state index >= 15 is 0 Å². The first kappa shape index (κ1) is 12.3. The van der Waals surface area contributed by atoms with E-state index in [1.807, 2.05) is 0 Å². The van der Waals surface area contributed by atoms with Crippen molar-refractivity contribution in [3.63, 3.8) is 0 Å². The molecule has 1 heterocycles. The Bertz CT molecular complexity index is 489. The van der Waals surface area contributed by atoms with Gasteiger partial charge in [0.1, 0.15) is 0 Å². The van der Waals surface area contributed by atoms with Gasteiger partial charge in [0.2, 0.25) is 0 Å². The summed E-state index contributed by atoms with van der Waals surface area (Å²) in [4.78, 5) is 22.7. The molecule has 96 valence electrons. The number of nitrogens with zero attached hydrogens (tertiary/aromatic N) is 1. The Hall–Kier alpha value is -1.11. The van der Waals surface area contributed by atoms with Crippen LogP contribution in [0, 0.1) is 0 Å². The zero-order valence-electron chi connectivity index (χ0n) is 9.76. The van der Waals surface area contributed by atoms with Gasteiger partial charge in [0.25, 0.3) is 15.9 Å². The Balaban J connectivity index is 2.36. The van der Waals surface area contributed by atoms with Crippen molar-refractivity contribution in [1.29, 1.82) is 0 Å². The summed E-state index contributed by atoms with van der Waals surface area (Å²) in [6.45, 7) is 2.71. The van der Waals surface area contributed by atoms with Crippen LogP contribution >= 0.6 is 0 Å². The van der Waals surface area contributed by atoms with Crippen LogP contribution < -0.4 is 0 Å². The molecule has 0 atom stereocenters. The molecule has 6 nitrogen and oxygen atoms in total. The maximum atomic E-state index is 12.0. The van der Waals surface area contributed by atoms with E-state index in [0.717, 1.165) is 10.7 Å². The van der Waals surface area contributed by atoms with Crippen LogP contribution in [0.5, 0.6) is 0 Å². The minimum absolute atomic E-state index is 0.298. The van der Waals surface area contributed by atoms with E-state index in [1.54, 1.807) is 0 Å². The number of rotatable bonds is 3. The Morgan fingerprint density at radius 2 is 1.94 bits per heavy atom. The highest BCUT2D eigenvalue weighted by molar-refractivity contribution is 7.94. The molecule has 2 fully saturated rings. The molecule has 0 aromatic rings. The highest BCUT2D eigenvalue weighted by Gasteiger charge is 2.67. The first-order valence-corrected chi connectivity index (χ1v) is 6.90. The molecule has 2 rings (SSSR count). The van der Waals surface area contributed by atoms with Gasteiger partial charge in [0.05, 0.1) is 12.0 Å². The highest BCUT2D eigenvalue weighted by Crippen LogP contribution is 2.50. The summed E-state index contributed by atoms with van der Waals surface area (Å²) in [6.07, 6.45) is 1.35. The third-order valence-electron chi connectivity index (χ3n) is 3.78. The fraction of sp³-hybridized carbons (Fsp3) is 0.800. The molecule has 1 N–H and O–H groups in total. The van der Waals surface area contributed by atoms with Gasteiger partial charge < -0.3 is 5.11 Å². The van der Waals surface area contributed by atoms with Crippen LogP contribution in [0.25, 0.3) is 0 Å². The van der Waals surface area contributed by atoms with Gasteiger partial charge in [-0.1, -0.05) is 0 Å². The number of aliphatic carboxylic acids is 1. The fourth-order valence-electron chi connectivity index (χ4n) is 2.44. The third-order valence-corrected chi connectivity index (χ3v) is 6.28. The van der Waals surface area contributed by atoms with Gasteiger partial charge in [0.15, 0.2) is 4.75 Å². The lowest BCUT2D eigenvalue weighted by Gasteiger charge is -2.56. The molecule has 1 saturated heterocycles. The number of carbonyl (C=O) groups excluding carboxylic acids is 1. The van der Waals surface area contributed by atoms with Crippen LogP contribution in [-0.2, 0) is 19.6 Å². The molecule has 1 amide bonds. The average Bonchev–Trinajstić information content (AvgIpc) is 2.12. The predicted octanol–water partition coefficient (Wildman–Crippen LogP) is 0.334. The Kier molecular flexibility index (Phi) is 2.34. The number of amides is 1. The van der Waals surface area contributed by atoms with Crippen LogP contribution in [-0.4, -0.2) is 40.0 Å². The maximum Gasteiger partial charge on any atom is 0.305 e. The zero-order valence-corrected chi connectivity index (χ0v) is 10.6. The lowest BCUT2D eigenvalue weighted by molar-refractivity contribution is -0.147. The molecule has 0 radical (unpaired) electrons. The molecule has 1 saturated carbocycles. The van der Waals surface area contributed by atoms with Crippen molar-refractivity contribution < 1.29 is 23.1 Å².